The second-order valence-corrected chi connectivity index (χ2v) is 19.8. The average Bonchev–Trinajstić information content (AvgIpc) is 4.06. The van der Waals surface area contributed by atoms with Gasteiger partial charge in [0.1, 0.15) is 61.0 Å². The number of aliphatic hydroxyl groups excluding tert-OH is 2. The molecule has 0 aromatic rings. The zero-order chi connectivity index (χ0) is 42.1. The molecule has 15 heteroatoms. The molecule has 4 spiro atoms. The first-order valence-corrected chi connectivity index (χ1v) is 24.4. The van der Waals surface area contributed by atoms with E-state index in [0.717, 1.165) is 128 Å². The molecule has 0 amide bonds. The van der Waals surface area contributed by atoms with Crippen molar-refractivity contribution in [1.82, 2.24) is 0 Å². The lowest BCUT2D eigenvalue weighted by Crippen LogP contribution is -2.62. The number of aliphatic hydroxyl groups is 2. The lowest BCUT2D eigenvalue weighted by molar-refractivity contribution is -0.289. The summed E-state index contributed by atoms with van der Waals surface area (Å²) in [5.41, 5.74) is 0. The SMILES string of the molecule is CCCC[C@@H]1O[C@@H]([C@H]2COC3(CCCCC3)O2)[C@H]2OC3(CCCCC3)O[C@H]2[C@H]1O.O=C=O.OC1CC[C@@H]2O[C@@H]([C@H]3COC4(CCCCC4)O3)[C@H]3OC4(CCCCC4)O[C@H]3[C@H]2O1. The number of fused-ring (bicyclic) bond motifs is 4. The number of carbonyl (C=O) groups excluding carboxylic acids is 2. The van der Waals surface area contributed by atoms with Gasteiger partial charge in [-0.1, -0.05) is 45.4 Å². The molecule has 11 aliphatic rings. The molecule has 13 atom stereocenters. The summed E-state index contributed by atoms with van der Waals surface area (Å²) in [6.07, 6.45) is 22.3. The van der Waals surface area contributed by atoms with Crippen molar-refractivity contribution in [2.45, 2.75) is 270 Å². The van der Waals surface area contributed by atoms with Crippen molar-refractivity contribution in [3.63, 3.8) is 0 Å². The van der Waals surface area contributed by atoms with E-state index in [0.29, 0.717) is 19.6 Å². The van der Waals surface area contributed by atoms with Gasteiger partial charge in [0.2, 0.25) is 0 Å². The van der Waals surface area contributed by atoms with Crippen molar-refractivity contribution in [2.75, 3.05) is 13.2 Å². The van der Waals surface area contributed by atoms with Gasteiger partial charge < -0.3 is 62.3 Å². The Morgan fingerprint density at radius 2 is 0.885 bits per heavy atom. The van der Waals surface area contributed by atoms with Gasteiger partial charge in [0.05, 0.1) is 25.4 Å². The van der Waals surface area contributed by atoms with Crippen molar-refractivity contribution in [3.8, 4) is 0 Å². The Morgan fingerprint density at radius 1 is 0.475 bits per heavy atom. The number of rotatable bonds is 5. The Labute approximate surface area is 360 Å². The van der Waals surface area contributed by atoms with Gasteiger partial charge in [0.25, 0.3) is 0 Å². The van der Waals surface area contributed by atoms with Gasteiger partial charge in [-0.3, -0.25) is 0 Å². The van der Waals surface area contributed by atoms with Crippen LogP contribution in [0.2, 0.25) is 0 Å². The highest BCUT2D eigenvalue weighted by Crippen LogP contribution is 2.51. The van der Waals surface area contributed by atoms with Crippen LogP contribution in [0.5, 0.6) is 0 Å². The third kappa shape index (κ3) is 9.46. The van der Waals surface area contributed by atoms with Gasteiger partial charge in [0.15, 0.2) is 29.4 Å². The third-order valence-corrected chi connectivity index (χ3v) is 15.6. The second kappa shape index (κ2) is 19.4. The van der Waals surface area contributed by atoms with Gasteiger partial charge >= 0.3 is 6.15 Å². The van der Waals surface area contributed by atoms with Gasteiger partial charge in [-0.05, 0) is 64.2 Å². The van der Waals surface area contributed by atoms with Crippen LogP contribution in [0.1, 0.15) is 167 Å². The highest BCUT2D eigenvalue weighted by molar-refractivity contribution is 5.20. The lowest BCUT2D eigenvalue weighted by Gasteiger charge is -2.46. The monoisotopic (exact) mass is 864 g/mol. The molecule has 1 unspecified atom stereocenters. The zero-order valence-corrected chi connectivity index (χ0v) is 36.3. The number of unbranched alkanes of at least 4 members (excludes halogenated alkanes) is 1. The molecule has 7 saturated heterocycles. The standard InChI is InChI=1S/C23H38O6.C22H34O7.CO2/c1-2-3-10-16-18(24)20-21(29-23(28-20)13-8-5-9-14-23)19(26-16)17-15-25-22(27-17)11-6-4-7-12-22;23-16-8-7-14-17(26-16)19-20(29-22(28-19)11-5-2-6-12-22)18(25-14)15-13-24-21(27-15)9-3-1-4-10-21;2-1-3/h16-21,24H,2-15H2,1H3;14-20,23H,1-13H2;/t16-,17+,18-,19-,20-,21+;14-,15+,16?,17-,18-,19-,20+;/m00./s1. The molecule has 7 aliphatic heterocycles. The first-order valence-electron chi connectivity index (χ1n) is 24.4. The van der Waals surface area contributed by atoms with E-state index >= 15 is 0 Å². The molecule has 2 N–H and O–H groups in total. The maximum absolute atomic E-state index is 11.1. The summed E-state index contributed by atoms with van der Waals surface area (Å²) in [6.45, 7) is 3.26. The summed E-state index contributed by atoms with van der Waals surface area (Å²) in [6, 6.07) is 0. The molecule has 0 bridgehead atoms. The third-order valence-electron chi connectivity index (χ3n) is 15.6. The van der Waals surface area contributed by atoms with Crippen LogP contribution in [-0.2, 0) is 61.7 Å². The summed E-state index contributed by atoms with van der Waals surface area (Å²) in [4.78, 5) is 16.2. The molecule has 4 aliphatic carbocycles. The molecule has 11 rings (SSSR count). The Morgan fingerprint density at radius 3 is 1.36 bits per heavy atom. The molecule has 4 saturated carbocycles. The van der Waals surface area contributed by atoms with Crippen molar-refractivity contribution < 1.29 is 71.9 Å². The second-order valence-electron chi connectivity index (χ2n) is 19.8. The summed E-state index contributed by atoms with van der Waals surface area (Å²) in [5, 5.41) is 21.2. The van der Waals surface area contributed by atoms with E-state index in [-0.39, 0.29) is 73.3 Å². The smallest absolute Gasteiger partial charge is 0.373 e. The van der Waals surface area contributed by atoms with E-state index in [1.165, 1.54) is 25.7 Å². The molecular weight excluding hydrogens is 792 g/mol. The van der Waals surface area contributed by atoms with E-state index in [1.54, 1.807) is 0 Å². The largest absolute Gasteiger partial charge is 0.388 e. The van der Waals surface area contributed by atoms with E-state index in [4.69, 9.17) is 61.7 Å². The first kappa shape index (κ1) is 45.0. The van der Waals surface area contributed by atoms with Crippen LogP contribution in [0.15, 0.2) is 0 Å². The van der Waals surface area contributed by atoms with Gasteiger partial charge in [-0.15, -0.1) is 0 Å². The van der Waals surface area contributed by atoms with E-state index < -0.39 is 35.5 Å². The van der Waals surface area contributed by atoms with Crippen molar-refractivity contribution >= 4 is 6.15 Å². The molecule has 0 aromatic carbocycles. The summed E-state index contributed by atoms with van der Waals surface area (Å²) in [7, 11) is 0. The molecule has 7 heterocycles. The molecule has 61 heavy (non-hydrogen) atoms. The molecule has 15 nitrogen and oxygen atoms in total. The average molecular weight is 865 g/mol. The molecule has 346 valence electrons. The Bertz CT molecular complexity index is 1410. The quantitative estimate of drug-likeness (QED) is 0.328. The molecule has 0 aromatic heterocycles. The maximum atomic E-state index is 11.1. The van der Waals surface area contributed by atoms with Crippen molar-refractivity contribution in [2.24, 2.45) is 0 Å². The summed E-state index contributed by atoms with van der Waals surface area (Å²) < 4.78 is 70.8. The summed E-state index contributed by atoms with van der Waals surface area (Å²) >= 11 is 0. The van der Waals surface area contributed by atoms with E-state index in [2.05, 4.69) is 6.92 Å². The van der Waals surface area contributed by atoms with Gasteiger partial charge in [0, 0.05) is 57.8 Å². The summed E-state index contributed by atoms with van der Waals surface area (Å²) in [5.74, 6) is -1.94. The normalized spacial score (nSPS) is 44.0. The minimum absolute atomic E-state index is 0.0986. The van der Waals surface area contributed by atoms with E-state index in [1.807, 2.05) is 0 Å². The van der Waals surface area contributed by atoms with Crippen LogP contribution in [0.25, 0.3) is 0 Å². The van der Waals surface area contributed by atoms with E-state index in [9.17, 15) is 10.2 Å². The van der Waals surface area contributed by atoms with Crippen LogP contribution >= 0.6 is 0 Å². The topological polar surface area (TPSA) is 176 Å². The Hall–Kier alpha value is -1.14. The fraction of sp³-hybridized carbons (Fsp3) is 0.978. The fourth-order valence-electron chi connectivity index (χ4n) is 12.5. The Kier molecular flexibility index (Phi) is 14.3. The Balaban J connectivity index is 0.000000147. The highest BCUT2D eigenvalue weighted by Gasteiger charge is 2.63. The van der Waals surface area contributed by atoms with Crippen LogP contribution < -0.4 is 0 Å². The maximum Gasteiger partial charge on any atom is 0.373 e. The van der Waals surface area contributed by atoms with Crippen LogP contribution in [0.4, 0.5) is 0 Å². The minimum Gasteiger partial charge on any atom is -0.388 e. The number of hydrogen-bond donors (Lipinski definition) is 2. The lowest BCUT2D eigenvalue weighted by atomic mass is 9.89. The molecular formula is C46H72O15. The van der Waals surface area contributed by atoms with Crippen molar-refractivity contribution in [3.05, 3.63) is 0 Å². The minimum atomic E-state index is -0.750. The first-order chi connectivity index (χ1) is 29.7. The van der Waals surface area contributed by atoms with Crippen molar-refractivity contribution in [1.29, 1.82) is 0 Å². The van der Waals surface area contributed by atoms with Crippen LogP contribution in [-0.4, -0.2) is 132 Å². The predicted octanol–water partition coefficient (Wildman–Crippen LogP) is 6.01. The zero-order valence-electron chi connectivity index (χ0n) is 36.3. The van der Waals surface area contributed by atoms with Gasteiger partial charge in [-0.25, -0.2) is 0 Å². The number of hydrogen-bond acceptors (Lipinski definition) is 15. The van der Waals surface area contributed by atoms with Crippen LogP contribution in [0.3, 0.4) is 0 Å². The molecule has 11 fully saturated rings. The van der Waals surface area contributed by atoms with Gasteiger partial charge in [-0.2, -0.15) is 9.59 Å². The predicted molar refractivity (Wildman–Crippen MR) is 212 cm³/mol. The fourth-order valence-corrected chi connectivity index (χ4v) is 12.5. The van der Waals surface area contributed by atoms with Crippen LogP contribution in [0, 0.1) is 0 Å². The number of ether oxygens (including phenoxy) is 11. The molecule has 0 radical (unpaired) electrons. The highest BCUT2D eigenvalue weighted by atomic mass is 16.8.